The van der Waals surface area contributed by atoms with Crippen molar-refractivity contribution in [1.82, 2.24) is 20.4 Å². The predicted molar refractivity (Wildman–Crippen MR) is 105 cm³/mol. The van der Waals surface area contributed by atoms with Crippen LogP contribution in [0.4, 0.5) is 0 Å². The van der Waals surface area contributed by atoms with Crippen LogP contribution < -0.4 is 10.6 Å². The molecule has 1 amide bonds. The van der Waals surface area contributed by atoms with Gasteiger partial charge in [-0.3, -0.25) is 9.48 Å². The number of carbonyl (C=O) groups is 1. The molecule has 140 valence electrons. The van der Waals surface area contributed by atoms with Crippen LogP contribution in [-0.4, -0.2) is 35.3 Å². The van der Waals surface area contributed by atoms with Crippen LogP contribution in [-0.2, 0) is 6.42 Å². The molecule has 2 atom stereocenters. The Morgan fingerprint density at radius 1 is 1.23 bits per heavy atom. The van der Waals surface area contributed by atoms with Crippen molar-refractivity contribution in [3.63, 3.8) is 0 Å². The summed E-state index contributed by atoms with van der Waals surface area (Å²) in [6.45, 7) is 2.70. The summed E-state index contributed by atoms with van der Waals surface area (Å²) >= 11 is 0. The first kappa shape index (κ1) is 18.9. The Labute approximate surface area is 161 Å². The number of fused-ring (bicyclic) bond motifs is 1. The lowest BCUT2D eigenvalue weighted by Gasteiger charge is -2.25. The third-order valence-electron chi connectivity index (χ3n) is 5.49. The van der Waals surface area contributed by atoms with Gasteiger partial charge >= 0.3 is 0 Å². The molecule has 2 heterocycles. The molecule has 1 aromatic heterocycles. The van der Waals surface area contributed by atoms with E-state index in [9.17, 15) is 4.79 Å². The van der Waals surface area contributed by atoms with Gasteiger partial charge in [-0.1, -0.05) is 24.3 Å². The highest BCUT2D eigenvalue weighted by Crippen LogP contribution is 2.30. The average molecular weight is 375 g/mol. The highest BCUT2D eigenvalue weighted by molar-refractivity contribution is 5.92. The molecule has 0 radical (unpaired) electrons. The van der Waals surface area contributed by atoms with E-state index < -0.39 is 0 Å². The Kier molecular flexibility index (Phi) is 6.33. The quantitative estimate of drug-likeness (QED) is 0.864. The highest BCUT2D eigenvalue weighted by atomic mass is 35.5. The number of nitrogens with zero attached hydrogens (tertiary/aromatic N) is 2. The number of hydrogen-bond acceptors (Lipinski definition) is 3. The minimum absolute atomic E-state index is 0. The Bertz CT molecular complexity index is 739. The van der Waals surface area contributed by atoms with Crippen LogP contribution in [0.2, 0.25) is 0 Å². The lowest BCUT2D eigenvalue weighted by molar-refractivity contribution is 0.0944. The van der Waals surface area contributed by atoms with E-state index in [2.05, 4.69) is 40.0 Å². The molecule has 5 nitrogen and oxygen atoms in total. The molecule has 1 fully saturated rings. The zero-order chi connectivity index (χ0) is 17.1. The van der Waals surface area contributed by atoms with Crippen molar-refractivity contribution in [3.8, 4) is 0 Å². The minimum Gasteiger partial charge on any atom is -0.350 e. The number of benzene rings is 1. The maximum Gasteiger partial charge on any atom is 0.271 e. The Balaban J connectivity index is 0.00000196. The van der Waals surface area contributed by atoms with Crippen molar-refractivity contribution < 1.29 is 4.79 Å². The van der Waals surface area contributed by atoms with Crippen molar-refractivity contribution in [2.24, 2.45) is 0 Å². The van der Waals surface area contributed by atoms with E-state index in [0.717, 1.165) is 38.8 Å². The summed E-state index contributed by atoms with van der Waals surface area (Å²) in [5.74, 6) is 0.351. The van der Waals surface area contributed by atoms with Gasteiger partial charge in [0.05, 0.1) is 6.04 Å². The number of amides is 1. The number of aryl methyl sites for hydroxylation is 1. The zero-order valence-electron chi connectivity index (χ0n) is 15.0. The summed E-state index contributed by atoms with van der Waals surface area (Å²) in [5, 5.41) is 11.0. The van der Waals surface area contributed by atoms with Crippen LogP contribution >= 0.6 is 12.4 Å². The molecule has 0 bridgehead atoms. The first-order chi connectivity index (χ1) is 12.3. The molecule has 0 saturated carbocycles. The van der Waals surface area contributed by atoms with Gasteiger partial charge in [0.2, 0.25) is 0 Å². The molecule has 2 aliphatic rings. The lowest BCUT2D eigenvalue weighted by atomic mass is 9.83. The van der Waals surface area contributed by atoms with E-state index in [1.807, 2.05) is 16.9 Å². The standard InChI is InChI=1S/C20H26N4O.ClH/c25-20(19-10-12-24(23-19)17-8-4-11-21-14-17)22-13-16-7-3-6-15-5-1-2-9-18(15)16;/h1-2,5,9-10,12,16-17,21H,3-4,6-8,11,13-14H2,(H,22,25);1H. The topological polar surface area (TPSA) is 59.0 Å². The van der Waals surface area contributed by atoms with Crippen LogP contribution in [0, 0.1) is 0 Å². The molecular weight excluding hydrogens is 348 g/mol. The Morgan fingerprint density at radius 3 is 2.96 bits per heavy atom. The van der Waals surface area contributed by atoms with Gasteiger partial charge in [0.1, 0.15) is 5.69 Å². The van der Waals surface area contributed by atoms with Crippen molar-refractivity contribution >= 4 is 18.3 Å². The molecule has 2 N–H and O–H groups in total. The third-order valence-corrected chi connectivity index (χ3v) is 5.49. The summed E-state index contributed by atoms with van der Waals surface area (Å²) in [7, 11) is 0. The molecule has 1 aromatic carbocycles. The number of carbonyl (C=O) groups excluding carboxylic acids is 1. The number of piperidine rings is 1. The maximum atomic E-state index is 12.5. The first-order valence-electron chi connectivity index (χ1n) is 9.43. The predicted octanol–water partition coefficient (Wildman–Crippen LogP) is 3.08. The SMILES string of the molecule is Cl.O=C(NCC1CCCc2ccccc21)c1ccn(C2CCCNC2)n1. The molecule has 1 saturated heterocycles. The average Bonchev–Trinajstić information content (AvgIpc) is 3.17. The number of aromatic nitrogens is 2. The van der Waals surface area contributed by atoms with Gasteiger partial charge < -0.3 is 10.6 Å². The van der Waals surface area contributed by atoms with E-state index >= 15 is 0 Å². The van der Waals surface area contributed by atoms with Gasteiger partial charge in [-0.25, -0.2) is 0 Å². The van der Waals surface area contributed by atoms with E-state index in [1.54, 1.807) is 0 Å². The minimum atomic E-state index is -0.0643. The van der Waals surface area contributed by atoms with Gasteiger partial charge in [-0.15, -0.1) is 12.4 Å². The largest absolute Gasteiger partial charge is 0.350 e. The van der Waals surface area contributed by atoms with Crippen LogP contribution in [0.1, 0.15) is 59.3 Å². The maximum absolute atomic E-state index is 12.5. The fourth-order valence-electron chi connectivity index (χ4n) is 4.09. The van der Waals surface area contributed by atoms with Crippen LogP contribution in [0.25, 0.3) is 0 Å². The fraction of sp³-hybridized carbons (Fsp3) is 0.500. The number of halogens is 1. The molecule has 1 aliphatic carbocycles. The molecule has 2 unspecified atom stereocenters. The Hall–Kier alpha value is -1.85. The van der Waals surface area contributed by atoms with Crippen molar-refractivity contribution in [2.75, 3.05) is 19.6 Å². The lowest BCUT2D eigenvalue weighted by Crippen LogP contribution is -2.32. The van der Waals surface area contributed by atoms with Gasteiger partial charge in [0.15, 0.2) is 0 Å². The molecule has 6 heteroatoms. The Morgan fingerprint density at radius 2 is 2.12 bits per heavy atom. The second kappa shape index (κ2) is 8.69. The molecule has 2 aromatic rings. The van der Waals surface area contributed by atoms with Crippen LogP contribution in [0.5, 0.6) is 0 Å². The van der Waals surface area contributed by atoms with E-state index in [1.165, 1.54) is 17.5 Å². The van der Waals surface area contributed by atoms with E-state index in [4.69, 9.17) is 0 Å². The van der Waals surface area contributed by atoms with Crippen molar-refractivity contribution in [1.29, 1.82) is 0 Å². The first-order valence-corrected chi connectivity index (χ1v) is 9.43. The second-order valence-electron chi connectivity index (χ2n) is 7.18. The summed E-state index contributed by atoms with van der Waals surface area (Å²) in [6.07, 6.45) is 7.70. The van der Waals surface area contributed by atoms with E-state index in [0.29, 0.717) is 24.2 Å². The summed E-state index contributed by atoms with van der Waals surface area (Å²) in [6, 6.07) is 10.8. The zero-order valence-corrected chi connectivity index (χ0v) is 15.8. The summed E-state index contributed by atoms with van der Waals surface area (Å²) in [5.41, 5.74) is 3.35. The van der Waals surface area contributed by atoms with Crippen molar-refractivity contribution in [2.45, 2.75) is 44.1 Å². The third kappa shape index (κ3) is 4.10. The summed E-state index contributed by atoms with van der Waals surface area (Å²) in [4.78, 5) is 12.5. The summed E-state index contributed by atoms with van der Waals surface area (Å²) < 4.78 is 1.94. The highest BCUT2D eigenvalue weighted by Gasteiger charge is 2.22. The molecule has 0 spiro atoms. The smallest absolute Gasteiger partial charge is 0.271 e. The van der Waals surface area contributed by atoms with E-state index in [-0.39, 0.29) is 18.3 Å². The number of hydrogen-bond donors (Lipinski definition) is 2. The number of nitrogens with one attached hydrogen (secondary N) is 2. The van der Waals surface area contributed by atoms with Crippen LogP contribution in [0.15, 0.2) is 36.5 Å². The van der Waals surface area contributed by atoms with Crippen LogP contribution in [0.3, 0.4) is 0 Å². The normalized spacial score (nSPS) is 22.2. The molecule has 1 aliphatic heterocycles. The molecular formula is C20H27ClN4O. The molecule has 26 heavy (non-hydrogen) atoms. The van der Waals surface area contributed by atoms with Gasteiger partial charge in [0.25, 0.3) is 5.91 Å². The van der Waals surface area contributed by atoms with Crippen molar-refractivity contribution in [3.05, 3.63) is 53.3 Å². The van der Waals surface area contributed by atoms with Gasteiger partial charge in [-0.2, -0.15) is 5.10 Å². The second-order valence-corrected chi connectivity index (χ2v) is 7.18. The van der Waals surface area contributed by atoms with Gasteiger partial charge in [-0.05, 0) is 55.8 Å². The number of rotatable bonds is 4. The molecule has 4 rings (SSSR count). The van der Waals surface area contributed by atoms with Gasteiger partial charge in [0, 0.05) is 25.2 Å². The fourth-order valence-corrected chi connectivity index (χ4v) is 4.09. The monoisotopic (exact) mass is 374 g/mol.